The van der Waals surface area contributed by atoms with Crippen molar-refractivity contribution in [1.29, 1.82) is 0 Å². The van der Waals surface area contributed by atoms with Crippen molar-refractivity contribution in [3.05, 3.63) is 128 Å². The molecule has 0 amide bonds. The minimum atomic E-state index is -1.42. The van der Waals surface area contributed by atoms with Gasteiger partial charge in [0.25, 0.3) is 0 Å². The first-order chi connectivity index (χ1) is 31.4. The van der Waals surface area contributed by atoms with E-state index in [2.05, 4.69) is 0 Å². The van der Waals surface area contributed by atoms with Crippen LogP contribution in [0, 0.1) is 0 Å². The third-order valence-corrected chi connectivity index (χ3v) is 11.1. The van der Waals surface area contributed by atoms with E-state index in [1.54, 1.807) is 24.3 Å². The number of hydrogen-bond acceptors (Lipinski definition) is 16. The Balaban J connectivity index is 0.000000553. The number of ether oxygens (including phenoxy) is 4. The second kappa shape index (κ2) is 31.6. The van der Waals surface area contributed by atoms with Crippen molar-refractivity contribution in [3.63, 3.8) is 0 Å². The standard InChI is InChI=1S/2C21H25ClO6.2C3H8O2.2H2O/c2*1-2-27-15-6-3-12(4-7-15)9-14-10-13(5-8-16(14)22)21-20(26)19(25)18(24)17(11-23)28-21;2*1-3(5)2-4;;/h2*3-8,10,17-21,23-26H,2,9,11H2,1H3;2*3-5H,2H2,1H3;2*1H2/t2*17-,18-,19+,20-,21+;2*3-;;/m1110../s1. The largest absolute Gasteiger partial charge is 0.494 e. The molecule has 68 heavy (non-hydrogen) atoms. The monoisotopic (exact) mass is 1000 g/mol. The fraction of sp³-hybridized carbons (Fsp3) is 0.500. The Hall–Kier alpha value is -3.58. The predicted octanol–water partition coefficient (Wildman–Crippen LogP) is 0.758. The van der Waals surface area contributed by atoms with E-state index < -0.39 is 86.5 Å². The zero-order chi connectivity index (χ0) is 49.1. The van der Waals surface area contributed by atoms with Crippen LogP contribution in [0.1, 0.15) is 73.3 Å². The molecule has 2 heterocycles. The number of hydrogen-bond donors (Lipinski definition) is 12. The van der Waals surface area contributed by atoms with Gasteiger partial charge in [-0.25, -0.2) is 0 Å². The van der Waals surface area contributed by atoms with Crippen LogP contribution in [0.5, 0.6) is 11.5 Å². The van der Waals surface area contributed by atoms with Gasteiger partial charge in [0.15, 0.2) is 0 Å². The molecule has 384 valence electrons. The van der Waals surface area contributed by atoms with Crippen molar-refractivity contribution < 1.29 is 91.2 Å². The van der Waals surface area contributed by atoms with Crippen LogP contribution in [-0.4, -0.2) is 173 Å². The summed E-state index contributed by atoms with van der Waals surface area (Å²) in [6.07, 6.45) is -11.9. The summed E-state index contributed by atoms with van der Waals surface area (Å²) in [5.41, 5.74) is 4.97. The highest BCUT2D eigenvalue weighted by molar-refractivity contribution is 6.31. The van der Waals surface area contributed by atoms with E-state index in [0.29, 0.717) is 47.2 Å². The van der Waals surface area contributed by atoms with Gasteiger partial charge >= 0.3 is 0 Å². The molecule has 4 aromatic rings. The molecule has 0 aliphatic carbocycles. The Labute approximate surface area is 406 Å². The fourth-order valence-corrected chi connectivity index (χ4v) is 7.12. The summed E-state index contributed by atoms with van der Waals surface area (Å²) in [6.45, 7) is 6.91. The molecule has 2 fully saturated rings. The minimum Gasteiger partial charge on any atom is -0.494 e. The zero-order valence-corrected chi connectivity index (χ0v) is 39.9. The van der Waals surface area contributed by atoms with Crippen molar-refractivity contribution >= 4 is 23.2 Å². The lowest BCUT2D eigenvalue weighted by molar-refractivity contribution is -0.231. The predicted molar refractivity (Wildman–Crippen MR) is 254 cm³/mol. The molecule has 2 aliphatic heterocycles. The highest BCUT2D eigenvalue weighted by Gasteiger charge is 2.45. The Morgan fingerprint density at radius 3 is 1.07 bits per heavy atom. The van der Waals surface area contributed by atoms with E-state index in [9.17, 15) is 40.9 Å². The number of rotatable bonds is 14. The van der Waals surface area contributed by atoms with E-state index in [1.807, 2.05) is 74.5 Å². The summed E-state index contributed by atoms with van der Waals surface area (Å²) in [5.74, 6) is 1.60. The maximum Gasteiger partial charge on any atom is 0.119 e. The number of halogens is 2. The second-order valence-electron chi connectivity index (χ2n) is 15.8. The number of benzene rings is 4. The molecule has 0 bridgehead atoms. The summed E-state index contributed by atoms with van der Waals surface area (Å²) in [7, 11) is 0. The van der Waals surface area contributed by atoms with Crippen molar-refractivity contribution in [1.82, 2.24) is 0 Å². The normalized spacial score (nSPS) is 24.9. The molecular weight excluding hydrogens is 935 g/mol. The van der Waals surface area contributed by atoms with Gasteiger partial charge in [-0.05, 0) is 110 Å². The van der Waals surface area contributed by atoms with Crippen molar-refractivity contribution in [3.8, 4) is 11.5 Å². The van der Waals surface area contributed by atoms with Gasteiger partial charge in [-0.1, -0.05) is 71.7 Å². The van der Waals surface area contributed by atoms with Gasteiger partial charge in [0.1, 0.15) is 72.5 Å². The van der Waals surface area contributed by atoms with E-state index in [1.165, 1.54) is 13.8 Å². The minimum absolute atomic E-state index is 0. The topological polar surface area (TPSA) is 343 Å². The maximum absolute atomic E-state index is 10.3. The zero-order valence-electron chi connectivity index (χ0n) is 38.4. The molecule has 12 atom stereocenters. The summed E-state index contributed by atoms with van der Waals surface area (Å²) < 4.78 is 22.2. The van der Waals surface area contributed by atoms with Gasteiger partial charge in [-0.15, -0.1) is 0 Å². The van der Waals surface area contributed by atoms with Gasteiger partial charge in [0.2, 0.25) is 0 Å². The van der Waals surface area contributed by atoms with E-state index >= 15 is 0 Å². The fourth-order valence-electron chi connectivity index (χ4n) is 6.75. The molecule has 4 aromatic carbocycles. The summed E-state index contributed by atoms with van der Waals surface area (Å²) >= 11 is 12.7. The number of aliphatic hydroxyl groups excluding tert-OH is 12. The van der Waals surface area contributed by atoms with Gasteiger partial charge < -0.3 is 91.2 Å². The average molecular weight is 1010 g/mol. The van der Waals surface area contributed by atoms with Crippen LogP contribution in [0.25, 0.3) is 0 Å². The first-order valence-electron chi connectivity index (χ1n) is 21.6. The van der Waals surface area contributed by atoms with Crippen molar-refractivity contribution in [2.45, 2.75) is 114 Å². The molecule has 16 N–H and O–H groups in total. The van der Waals surface area contributed by atoms with Gasteiger partial charge in [0.05, 0.1) is 51.8 Å². The average Bonchev–Trinajstić information content (AvgIpc) is 3.31. The van der Waals surface area contributed by atoms with Crippen LogP contribution in [0.2, 0.25) is 10.0 Å². The number of aliphatic hydroxyl groups is 12. The molecule has 2 saturated heterocycles. The Bertz CT molecular complexity index is 1830. The summed E-state index contributed by atoms with van der Waals surface area (Å²) in [6, 6.07) is 25.9. The molecule has 0 saturated carbocycles. The Morgan fingerprint density at radius 2 is 0.809 bits per heavy atom. The molecule has 0 unspecified atom stereocenters. The van der Waals surface area contributed by atoms with Crippen LogP contribution in [-0.2, 0) is 22.3 Å². The van der Waals surface area contributed by atoms with E-state index in [-0.39, 0.29) is 24.2 Å². The quantitative estimate of drug-likeness (QED) is 0.0830. The van der Waals surface area contributed by atoms with E-state index in [0.717, 1.165) is 33.8 Å². The summed E-state index contributed by atoms with van der Waals surface area (Å²) in [5, 5.41) is 113. The SMILES string of the molecule is CCOc1ccc(Cc2cc([C@@H]3O[C@H](CO)[C@@H](O)[C@H](O)[C@H]3O)ccc2Cl)cc1.CCOc1ccc(Cc2cc([C@@H]3O[C@H](CO)[C@@H](O)[C@H](O)[C@H]3O)ccc2Cl)cc1.C[C@@H](O)CO.C[C@H](O)CO.O.O. The van der Waals surface area contributed by atoms with Crippen LogP contribution < -0.4 is 9.47 Å². The smallest absolute Gasteiger partial charge is 0.119 e. The van der Waals surface area contributed by atoms with Crippen LogP contribution >= 0.6 is 23.2 Å². The highest BCUT2D eigenvalue weighted by atomic mass is 35.5. The van der Waals surface area contributed by atoms with Crippen molar-refractivity contribution in [2.24, 2.45) is 0 Å². The lowest BCUT2D eigenvalue weighted by atomic mass is 9.90. The van der Waals surface area contributed by atoms with Gasteiger partial charge in [0, 0.05) is 10.0 Å². The molecular formula is C48H70Cl2O18. The first kappa shape index (κ1) is 62.4. The molecule has 6 rings (SSSR count). The molecule has 0 aromatic heterocycles. The van der Waals surface area contributed by atoms with Crippen molar-refractivity contribution in [2.75, 3.05) is 39.6 Å². The molecule has 2 aliphatic rings. The lowest BCUT2D eigenvalue weighted by Crippen LogP contribution is -2.55. The highest BCUT2D eigenvalue weighted by Crippen LogP contribution is 2.36. The van der Waals surface area contributed by atoms with Crippen LogP contribution in [0.4, 0.5) is 0 Å². The third-order valence-electron chi connectivity index (χ3n) is 10.4. The molecule has 0 spiro atoms. The van der Waals surface area contributed by atoms with E-state index in [4.69, 9.17) is 62.6 Å². The second-order valence-corrected chi connectivity index (χ2v) is 16.6. The first-order valence-corrected chi connectivity index (χ1v) is 22.4. The third kappa shape index (κ3) is 18.6. The van der Waals surface area contributed by atoms with Gasteiger partial charge in [-0.2, -0.15) is 0 Å². The van der Waals surface area contributed by atoms with Crippen LogP contribution in [0.3, 0.4) is 0 Å². The maximum atomic E-state index is 10.3. The molecule has 0 radical (unpaired) electrons. The Kier molecular flexibility index (Phi) is 29.0. The molecule has 20 heteroatoms. The summed E-state index contributed by atoms with van der Waals surface area (Å²) in [4.78, 5) is 0. The lowest BCUT2D eigenvalue weighted by Gasteiger charge is -2.40. The Morgan fingerprint density at radius 1 is 0.500 bits per heavy atom. The van der Waals surface area contributed by atoms with Gasteiger partial charge in [-0.3, -0.25) is 0 Å². The molecule has 18 nitrogen and oxygen atoms in total. The van der Waals surface area contributed by atoms with Crippen LogP contribution in [0.15, 0.2) is 84.9 Å².